The molecule has 57 heavy (non-hydrogen) atoms. The zero-order valence-electron chi connectivity index (χ0n) is 28.2. The van der Waals surface area contributed by atoms with Crippen LogP contribution in [0, 0.1) is 72.1 Å². The van der Waals surface area contributed by atoms with Gasteiger partial charge in [-0.05, 0) is 36.7 Å². The summed E-state index contributed by atoms with van der Waals surface area (Å²) in [5.41, 5.74) is 15.1. The summed E-state index contributed by atoms with van der Waals surface area (Å²) in [4.78, 5) is 40.5. The predicted octanol–water partition coefficient (Wildman–Crippen LogP) is -3.80. The van der Waals surface area contributed by atoms with Gasteiger partial charge in [-0.25, -0.2) is 19.6 Å². The molecule has 332 valence electrons. The van der Waals surface area contributed by atoms with E-state index in [1.807, 2.05) is 0 Å². The Morgan fingerprint density at radius 1 is 0.491 bits per heavy atom. The molecule has 4 rings (SSSR count). The zero-order valence-corrected chi connectivity index (χ0v) is 31.2. The SMILES string of the molecule is CO.CO.N=C(/N=C(\[NH-])n1cccn1)n1cccn1.N=C(/N=C(\[NH-])n1cccn1)n1cccn1.O=[N+]([O-])[O-].O=[N+]([O-])[O-].O=[N+]([O-])[O-].O=[N+]([O-])[O-].[Ni+2].[Ni+2].[Ni+2].[OH3+].[OH3+].[OH3+].[OH3+]. The van der Waals surface area contributed by atoms with E-state index in [1.165, 1.54) is 18.7 Å². The summed E-state index contributed by atoms with van der Waals surface area (Å²) in [6, 6.07) is 6.73. The molecule has 0 amide bonds. The molecule has 0 aliphatic rings. The Kier molecular flexibility index (Phi) is 71.1. The number of aliphatic imine (C=N–C) groups is 2. The summed E-state index contributed by atoms with van der Waals surface area (Å²) in [5, 5.41) is 103. The first-order valence-corrected chi connectivity index (χ1v) is 11.4. The smallest absolute Gasteiger partial charge is 0.457 e. The molecule has 0 aliphatic carbocycles. The van der Waals surface area contributed by atoms with E-state index in [2.05, 4.69) is 30.4 Å². The van der Waals surface area contributed by atoms with Gasteiger partial charge in [0.2, 0.25) is 0 Å². The molecule has 4 heterocycles. The Labute approximate surface area is 345 Å². The van der Waals surface area contributed by atoms with Crippen LogP contribution in [-0.2, 0) is 71.4 Å². The number of hydrogen-bond acceptors (Lipinski definition) is 20. The molecule has 0 unspecified atom stereocenters. The number of aliphatic hydroxyl groups excluding tert-OH is 2. The minimum absolute atomic E-state index is 0. The third-order valence-electron chi connectivity index (χ3n) is 3.31. The topological polar surface area (TPSA) is 629 Å². The average Bonchev–Trinajstić information content (AvgIpc) is 3.85. The van der Waals surface area contributed by atoms with Crippen LogP contribution in [0.4, 0.5) is 0 Å². The number of aromatic nitrogens is 8. The van der Waals surface area contributed by atoms with Crippen molar-refractivity contribution in [3.63, 3.8) is 0 Å². The molecule has 36 nitrogen and oxygen atoms in total. The van der Waals surface area contributed by atoms with Gasteiger partial charge in [-0.1, -0.05) is 0 Å². The van der Waals surface area contributed by atoms with Crippen molar-refractivity contribution < 1.29 is 102 Å². The average molecular weight is 969 g/mol. The van der Waals surface area contributed by atoms with E-state index in [0.717, 1.165) is 14.2 Å². The zero-order chi connectivity index (χ0) is 39.7. The van der Waals surface area contributed by atoms with Crippen molar-refractivity contribution in [3.05, 3.63) is 147 Å². The third kappa shape index (κ3) is 53.6. The van der Waals surface area contributed by atoms with Crippen molar-refractivity contribution >= 4 is 23.8 Å². The normalized spacial score (nSPS) is 8.00. The Morgan fingerprint density at radius 3 is 0.789 bits per heavy atom. The van der Waals surface area contributed by atoms with Crippen LogP contribution in [0.3, 0.4) is 0 Å². The first-order valence-electron chi connectivity index (χ1n) is 11.4. The van der Waals surface area contributed by atoms with E-state index in [-0.39, 0.29) is 95.2 Å². The Bertz CT molecular complexity index is 1410. The van der Waals surface area contributed by atoms with E-state index in [1.54, 1.807) is 73.8 Å². The third-order valence-corrected chi connectivity index (χ3v) is 3.31. The molecule has 0 aliphatic heterocycles. The van der Waals surface area contributed by atoms with Crippen LogP contribution in [0.5, 0.6) is 0 Å². The molecule has 0 saturated carbocycles. The van der Waals surface area contributed by atoms with Crippen LogP contribution in [-0.4, -0.2) is 108 Å². The standard InChI is InChI=1S/2C8H8N7.2CH4O.4NO3.3Ni.4H2O/c2*9-7(14-5-1-3-11-14)13-8(10)15-6-2-4-12-15;2*1-2;4*2-1(3)4;;;;;;;/h2*1-6H,(H2-,9,10,13);2*2H,1H3;;;;;;;;4*1H2/q2*-1;;;4*-1;3*+2;;;;/p+4. The second-order valence-corrected chi connectivity index (χ2v) is 6.21. The fraction of sp³-hybridized carbons (Fsp3) is 0.111. The van der Waals surface area contributed by atoms with Gasteiger partial charge in [0.05, 0.1) is 20.3 Å². The van der Waals surface area contributed by atoms with Gasteiger partial charge < -0.3 is 124 Å². The van der Waals surface area contributed by atoms with E-state index in [0.29, 0.717) is 0 Å². The Morgan fingerprint density at radius 2 is 0.649 bits per heavy atom. The van der Waals surface area contributed by atoms with Gasteiger partial charge in [0.15, 0.2) is 11.9 Å². The molecule has 0 saturated heterocycles. The largest absolute Gasteiger partial charge is 2.00 e. The molecule has 0 aromatic carbocycles. The van der Waals surface area contributed by atoms with Crippen LogP contribution >= 0.6 is 0 Å². The van der Waals surface area contributed by atoms with Gasteiger partial charge in [0, 0.05) is 63.3 Å². The molecule has 4 aromatic heterocycles. The molecular formula is C18H36N18Ni3O18+4. The molecule has 39 heteroatoms. The Balaban J connectivity index is -0.0000000524. The summed E-state index contributed by atoms with van der Waals surface area (Å²) in [6.45, 7) is 0. The molecule has 18 N–H and O–H groups in total. The minimum atomic E-state index is -1.75. The van der Waals surface area contributed by atoms with Crippen molar-refractivity contribution in [2.75, 3.05) is 14.2 Å². The monoisotopic (exact) mass is 966 g/mol. The summed E-state index contributed by atoms with van der Waals surface area (Å²) in [6.07, 6.45) is 12.5. The van der Waals surface area contributed by atoms with Crippen LogP contribution in [0.15, 0.2) is 83.8 Å². The maximum Gasteiger partial charge on any atom is 2.00 e. The summed E-state index contributed by atoms with van der Waals surface area (Å²) >= 11 is 0. The molecule has 0 radical (unpaired) electrons. The quantitative estimate of drug-likeness (QED) is 0.0328. The molecule has 0 atom stereocenters. The minimum Gasteiger partial charge on any atom is -0.457 e. The summed E-state index contributed by atoms with van der Waals surface area (Å²) in [7, 11) is 2.00. The van der Waals surface area contributed by atoms with Gasteiger partial charge in [0.25, 0.3) is 0 Å². The van der Waals surface area contributed by atoms with Crippen molar-refractivity contribution in [1.82, 2.24) is 39.1 Å². The summed E-state index contributed by atoms with van der Waals surface area (Å²) < 4.78 is 5.05. The number of nitrogens with zero attached hydrogens (tertiary/aromatic N) is 14. The van der Waals surface area contributed by atoms with E-state index in [4.69, 9.17) is 93.8 Å². The van der Waals surface area contributed by atoms with Gasteiger partial charge in [-0.3, -0.25) is 10.8 Å². The van der Waals surface area contributed by atoms with E-state index < -0.39 is 20.3 Å². The van der Waals surface area contributed by atoms with Gasteiger partial charge in [-0.15, -0.1) is 0 Å². The van der Waals surface area contributed by atoms with Gasteiger partial charge in [0.1, 0.15) is 0 Å². The van der Waals surface area contributed by atoms with Crippen molar-refractivity contribution in [2.45, 2.75) is 0 Å². The van der Waals surface area contributed by atoms with Crippen molar-refractivity contribution in [1.29, 1.82) is 10.8 Å². The number of nitrogens with one attached hydrogen (secondary N) is 4. The molecular weight excluding hydrogens is 932 g/mol. The van der Waals surface area contributed by atoms with Gasteiger partial charge in [-0.2, -0.15) is 10.2 Å². The molecule has 0 spiro atoms. The summed E-state index contributed by atoms with van der Waals surface area (Å²) in [5.74, 6) is -0.498. The second kappa shape index (κ2) is 51.3. The molecule has 0 bridgehead atoms. The van der Waals surface area contributed by atoms with Gasteiger partial charge >= 0.3 is 49.5 Å². The number of aliphatic hydroxyl groups is 2. The fourth-order valence-electron chi connectivity index (χ4n) is 1.98. The Hall–Kier alpha value is -6.84. The van der Waals surface area contributed by atoms with Crippen molar-refractivity contribution in [2.24, 2.45) is 9.98 Å². The van der Waals surface area contributed by atoms with Crippen LogP contribution in [0.25, 0.3) is 11.5 Å². The van der Waals surface area contributed by atoms with Crippen LogP contribution in [0.2, 0.25) is 0 Å². The van der Waals surface area contributed by atoms with E-state index in [9.17, 15) is 0 Å². The van der Waals surface area contributed by atoms with Crippen LogP contribution < -0.4 is 0 Å². The first-order chi connectivity index (χ1) is 23.5. The fourth-order valence-corrected chi connectivity index (χ4v) is 1.98. The molecule has 0 fully saturated rings. The maximum absolute atomic E-state index is 8.25. The van der Waals surface area contributed by atoms with Crippen LogP contribution in [0.1, 0.15) is 0 Å². The molecule has 4 aromatic rings. The number of rotatable bonds is 0. The number of hydrogen-bond donors (Lipinski definition) is 4. The second-order valence-electron chi connectivity index (χ2n) is 6.21. The first kappa shape index (κ1) is 79.0. The van der Waals surface area contributed by atoms with E-state index >= 15 is 0 Å². The van der Waals surface area contributed by atoms with Crippen molar-refractivity contribution in [3.8, 4) is 0 Å². The maximum atomic E-state index is 8.25. The predicted molar refractivity (Wildman–Crippen MR) is 187 cm³/mol.